The van der Waals surface area contributed by atoms with Gasteiger partial charge in [-0.1, -0.05) is 18.2 Å². The predicted molar refractivity (Wildman–Crippen MR) is 103 cm³/mol. The molecule has 2 amide bonds. The van der Waals surface area contributed by atoms with Gasteiger partial charge in [0.2, 0.25) is 0 Å². The first kappa shape index (κ1) is 18.9. The monoisotopic (exact) mass is 412 g/mol. The second-order valence-corrected chi connectivity index (χ2v) is 7.06. The third kappa shape index (κ3) is 3.52. The van der Waals surface area contributed by atoms with Crippen molar-refractivity contribution in [2.24, 2.45) is 0 Å². The quantitative estimate of drug-likeness (QED) is 0.434. The summed E-state index contributed by atoms with van der Waals surface area (Å²) >= 11 is 1.41. The highest BCUT2D eigenvalue weighted by Gasteiger charge is 2.37. The van der Waals surface area contributed by atoms with Crippen LogP contribution in [0.3, 0.4) is 0 Å². The third-order valence-electron chi connectivity index (χ3n) is 4.32. The van der Waals surface area contributed by atoms with Crippen LogP contribution in [0.15, 0.2) is 46.3 Å². The molecule has 0 saturated heterocycles. The van der Waals surface area contributed by atoms with Gasteiger partial charge in [0, 0.05) is 0 Å². The summed E-state index contributed by atoms with van der Waals surface area (Å²) in [7, 11) is 0. The van der Waals surface area contributed by atoms with Gasteiger partial charge in [0.25, 0.3) is 17.7 Å². The number of nitrogens with zero attached hydrogens (tertiary/aromatic N) is 2. The predicted octanol–water partition coefficient (Wildman–Crippen LogP) is 3.14. The van der Waals surface area contributed by atoms with Gasteiger partial charge < -0.3 is 14.0 Å². The van der Waals surface area contributed by atoms with Crippen LogP contribution in [0.2, 0.25) is 0 Å². The number of ether oxygens (including phenoxy) is 2. The number of aromatic nitrogens is 1. The summed E-state index contributed by atoms with van der Waals surface area (Å²) < 4.78 is 15.7. The maximum atomic E-state index is 12.7. The lowest BCUT2D eigenvalue weighted by Gasteiger charge is -2.14. The fourth-order valence-corrected chi connectivity index (χ4v) is 3.75. The van der Waals surface area contributed by atoms with Crippen LogP contribution in [0.4, 0.5) is 0 Å². The number of hydrogen-bond acceptors (Lipinski definition) is 8. The summed E-state index contributed by atoms with van der Waals surface area (Å²) in [6.07, 6.45) is 0. The standard InChI is InChI=1S/C20H16N2O6S/c1-2-26-16(23)11-27-18-14(17(28-21-18)15-8-5-9-29-15)10-22-19(24)12-6-3-4-7-13(12)20(22)25/h3-9H,2,10-11H2,1H3. The Morgan fingerprint density at radius 1 is 1.14 bits per heavy atom. The van der Waals surface area contributed by atoms with Crippen LogP contribution in [-0.4, -0.2) is 41.1 Å². The number of hydrogen-bond donors (Lipinski definition) is 0. The SMILES string of the molecule is CCOC(=O)COc1noc(-c2cccs2)c1CN1C(=O)c2ccccc2C1=O. The van der Waals surface area contributed by atoms with Crippen LogP contribution in [0.25, 0.3) is 10.6 Å². The van der Waals surface area contributed by atoms with Gasteiger partial charge in [0.15, 0.2) is 12.4 Å². The highest BCUT2D eigenvalue weighted by atomic mass is 32.1. The third-order valence-corrected chi connectivity index (χ3v) is 5.19. The molecular formula is C20H16N2O6S. The van der Waals surface area contributed by atoms with Gasteiger partial charge in [0.05, 0.1) is 34.7 Å². The van der Waals surface area contributed by atoms with Crippen molar-refractivity contribution in [1.82, 2.24) is 10.1 Å². The molecule has 0 fully saturated rings. The Hall–Kier alpha value is -3.46. The molecule has 0 bridgehead atoms. The van der Waals surface area contributed by atoms with Crippen LogP contribution in [0.1, 0.15) is 33.2 Å². The molecule has 0 saturated carbocycles. The Bertz CT molecular complexity index is 1040. The summed E-state index contributed by atoms with van der Waals surface area (Å²) in [5, 5.41) is 5.76. The summed E-state index contributed by atoms with van der Waals surface area (Å²) in [5.74, 6) is -0.936. The highest BCUT2D eigenvalue weighted by Crippen LogP contribution is 2.36. The van der Waals surface area contributed by atoms with Gasteiger partial charge in [-0.15, -0.1) is 11.3 Å². The Morgan fingerprint density at radius 2 is 1.86 bits per heavy atom. The van der Waals surface area contributed by atoms with Crippen molar-refractivity contribution in [2.75, 3.05) is 13.2 Å². The Morgan fingerprint density at radius 3 is 2.48 bits per heavy atom. The molecular weight excluding hydrogens is 396 g/mol. The Balaban J connectivity index is 1.65. The lowest BCUT2D eigenvalue weighted by Crippen LogP contribution is -2.29. The van der Waals surface area contributed by atoms with Gasteiger partial charge in [-0.3, -0.25) is 14.5 Å². The van der Waals surface area contributed by atoms with Crippen molar-refractivity contribution in [3.05, 3.63) is 58.5 Å². The fourth-order valence-electron chi connectivity index (χ4n) is 3.02. The van der Waals surface area contributed by atoms with Crippen LogP contribution in [0.5, 0.6) is 5.88 Å². The number of esters is 1. The zero-order valence-electron chi connectivity index (χ0n) is 15.4. The van der Waals surface area contributed by atoms with E-state index in [-0.39, 0.29) is 25.6 Å². The lowest BCUT2D eigenvalue weighted by molar-refractivity contribution is -0.145. The van der Waals surface area contributed by atoms with E-state index >= 15 is 0 Å². The molecule has 0 aliphatic carbocycles. The van der Waals surface area contributed by atoms with Crippen LogP contribution >= 0.6 is 11.3 Å². The van der Waals surface area contributed by atoms with E-state index in [1.54, 1.807) is 31.2 Å². The van der Waals surface area contributed by atoms with Crippen molar-refractivity contribution in [3.63, 3.8) is 0 Å². The second kappa shape index (κ2) is 7.88. The van der Waals surface area contributed by atoms with Crippen molar-refractivity contribution in [1.29, 1.82) is 0 Å². The number of carbonyl (C=O) groups excluding carboxylic acids is 3. The maximum absolute atomic E-state index is 12.7. The molecule has 9 heteroatoms. The number of fused-ring (bicyclic) bond motifs is 1. The number of amides is 2. The molecule has 29 heavy (non-hydrogen) atoms. The molecule has 2 aromatic heterocycles. The lowest BCUT2D eigenvalue weighted by atomic mass is 10.1. The summed E-state index contributed by atoms with van der Waals surface area (Å²) in [4.78, 5) is 39.0. The highest BCUT2D eigenvalue weighted by molar-refractivity contribution is 7.13. The molecule has 8 nitrogen and oxygen atoms in total. The minimum absolute atomic E-state index is 0.0398. The van der Waals surface area contributed by atoms with E-state index < -0.39 is 17.8 Å². The van der Waals surface area contributed by atoms with Crippen molar-refractivity contribution < 1.29 is 28.4 Å². The maximum Gasteiger partial charge on any atom is 0.344 e. The molecule has 0 radical (unpaired) electrons. The minimum Gasteiger partial charge on any atom is -0.463 e. The number of carbonyl (C=O) groups is 3. The van der Waals surface area contributed by atoms with Crippen molar-refractivity contribution in [3.8, 4) is 16.5 Å². The molecule has 1 aliphatic heterocycles. The average Bonchev–Trinajstić information content (AvgIpc) is 3.43. The smallest absolute Gasteiger partial charge is 0.344 e. The zero-order valence-corrected chi connectivity index (χ0v) is 16.2. The fraction of sp³-hybridized carbons (Fsp3) is 0.200. The molecule has 0 N–H and O–H groups in total. The van der Waals surface area contributed by atoms with E-state index in [4.69, 9.17) is 14.0 Å². The van der Waals surface area contributed by atoms with Gasteiger partial charge in [0.1, 0.15) is 0 Å². The normalized spacial score (nSPS) is 12.9. The van der Waals surface area contributed by atoms with Crippen molar-refractivity contribution in [2.45, 2.75) is 13.5 Å². The van der Waals surface area contributed by atoms with Gasteiger partial charge in [-0.25, -0.2) is 4.79 Å². The van der Waals surface area contributed by atoms with E-state index in [9.17, 15) is 14.4 Å². The molecule has 1 aliphatic rings. The minimum atomic E-state index is -0.556. The number of thiophene rings is 1. The van der Waals surface area contributed by atoms with E-state index in [1.807, 2.05) is 17.5 Å². The number of imide groups is 1. The van der Waals surface area contributed by atoms with E-state index in [2.05, 4.69) is 5.16 Å². The molecule has 3 heterocycles. The van der Waals surface area contributed by atoms with E-state index in [0.29, 0.717) is 22.5 Å². The Labute approximate surface area is 169 Å². The van der Waals surface area contributed by atoms with Gasteiger partial charge >= 0.3 is 5.97 Å². The Kier molecular flexibility index (Phi) is 5.13. The topological polar surface area (TPSA) is 98.9 Å². The van der Waals surface area contributed by atoms with Gasteiger partial charge in [-0.2, -0.15) is 0 Å². The molecule has 0 spiro atoms. The molecule has 3 aromatic rings. The molecule has 0 unspecified atom stereocenters. The van der Waals surface area contributed by atoms with Crippen molar-refractivity contribution >= 4 is 29.1 Å². The number of rotatable bonds is 7. The second-order valence-electron chi connectivity index (χ2n) is 6.11. The summed E-state index contributed by atoms with van der Waals surface area (Å²) in [6.45, 7) is 1.46. The molecule has 4 rings (SSSR count). The first-order chi connectivity index (χ1) is 14.1. The van der Waals surface area contributed by atoms with Crippen LogP contribution in [-0.2, 0) is 16.1 Å². The summed E-state index contributed by atoms with van der Waals surface area (Å²) in [6, 6.07) is 10.3. The van der Waals surface area contributed by atoms with Gasteiger partial charge in [-0.05, 0) is 35.7 Å². The molecule has 1 aromatic carbocycles. The molecule has 148 valence electrons. The first-order valence-corrected chi connectivity index (χ1v) is 9.74. The summed E-state index contributed by atoms with van der Waals surface area (Å²) in [5.41, 5.74) is 1.10. The van der Waals surface area contributed by atoms with Crippen LogP contribution in [0, 0.1) is 0 Å². The zero-order chi connectivity index (χ0) is 20.4. The molecule has 0 atom stereocenters. The average molecular weight is 412 g/mol. The van der Waals surface area contributed by atoms with E-state index in [0.717, 1.165) is 9.78 Å². The largest absolute Gasteiger partial charge is 0.463 e. The first-order valence-electron chi connectivity index (χ1n) is 8.86. The number of benzene rings is 1. The van der Waals surface area contributed by atoms with Crippen LogP contribution < -0.4 is 4.74 Å². The van der Waals surface area contributed by atoms with E-state index in [1.165, 1.54) is 11.3 Å².